The van der Waals surface area contributed by atoms with Gasteiger partial charge in [-0.05, 0) is 44.0 Å². The maximum absolute atomic E-state index is 5.68. The Balaban J connectivity index is 0.00000140. The van der Waals surface area contributed by atoms with E-state index in [0.717, 1.165) is 18.0 Å². The second kappa shape index (κ2) is 10.4. The molecular formula is C22H30Cl2N2O2. The molecule has 1 N–H and O–H groups in total. The van der Waals surface area contributed by atoms with Gasteiger partial charge in [-0.15, -0.1) is 24.8 Å². The SMILES string of the molecule is COc1ccccc1CNC1C2CCN(CC2)C1c1ccccc1OC.Cl.Cl. The van der Waals surface area contributed by atoms with Crippen LogP contribution in [-0.2, 0) is 6.54 Å². The predicted molar refractivity (Wildman–Crippen MR) is 118 cm³/mol. The fraction of sp³-hybridized carbons (Fsp3) is 0.455. The van der Waals surface area contributed by atoms with Crippen molar-refractivity contribution in [2.24, 2.45) is 5.92 Å². The lowest BCUT2D eigenvalue weighted by atomic mass is 9.76. The van der Waals surface area contributed by atoms with Crippen LogP contribution in [0.3, 0.4) is 0 Å². The molecule has 0 saturated carbocycles. The molecule has 3 saturated heterocycles. The van der Waals surface area contributed by atoms with Crippen LogP contribution in [0.15, 0.2) is 48.5 Å². The van der Waals surface area contributed by atoms with E-state index in [4.69, 9.17) is 9.47 Å². The molecule has 0 spiro atoms. The van der Waals surface area contributed by atoms with Gasteiger partial charge in [-0.25, -0.2) is 0 Å². The molecule has 0 radical (unpaired) electrons. The third-order valence-electron chi connectivity index (χ3n) is 5.99. The summed E-state index contributed by atoms with van der Waals surface area (Å²) in [6.45, 7) is 3.19. The Morgan fingerprint density at radius 1 is 0.893 bits per heavy atom. The lowest BCUT2D eigenvalue weighted by Gasteiger charge is -2.51. The normalized spacial score (nSPS) is 25.4. The minimum atomic E-state index is 0. The molecule has 28 heavy (non-hydrogen) atoms. The summed E-state index contributed by atoms with van der Waals surface area (Å²) in [5.74, 6) is 2.66. The standard InChI is InChI=1S/C22H28N2O2.2ClH/c1-25-19-9-5-3-7-17(19)15-23-21-16-11-13-24(14-12-16)22(21)18-8-4-6-10-20(18)26-2;;/h3-10,16,21-23H,11-15H2,1-2H3;2*1H. The third-order valence-corrected chi connectivity index (χ3v) is 5.99. The zero-order chi connectivity index (χ0) is 17.9. The van der Waals surface area contributed by atoms with E-state index in [2.05, 4.69) is 46.6 Å². The second-order valence-corrected chi connectivity index (χ2v) is 7.28. The highest BCUT2D eigenvalue weighted by molar-refractivity contribution is 5.85. The first kappa shape index (κ1) is 22.8. The summed E-state index contributed by atoms with van der Waals surface area (Å²) >= 11 is 0. The van der Waals surface area contributed by atoms with Crippen LogP contribution in [0.5, 0.6) is 11.5 Å². The number of nitrogens with zero attached hydrogens (tertiary/aromatic N) is 1. The third kappa shape index (κ3) is 4.41. The minimum absolute atomic E-state index is 0. The largest absolute Gasteiger partial charge is 0.496 e. The average Bonchev–Trinajstić information content (AvgIpc) is 2.73. The van der Waals surface area contributed by atoms with Crippen molar-refractivity contribution in [2.75, 3.05) is 27.3 Å². The van der Waals surface area contributed by atoms with Gasteiger partial charge in [-0.3, -0.25) is 4.90 Å². The summed E-state index contributed by atoms with van der Waals surface area (Å²) < 4.78 is 11.2. The maximum Gasteiger partial charge on any atom is 0.123 e. The summed E-state index contributed by atoms with van der Waals surface area (Å²) in [5.41, 5.74) is 2.52. The summed E-state index contributed by atoms with van der Waals surface area (Å²) in [5, 5.41) is 3.87. The summed E-state index contributed by atoms with van der Waals surface area (Å²) in [6.07, 6.45) is 2.55. The molecular weight excluding hydrogens is 395 g/mol. The number of methoxy groups -OCH3 is 2. The van der Waals surface area contributed by atoms with Gasteiger partial charge < -0.3 is 14.8 Å². The number of rotatable bonds is 6. The van der Waals surface area contributed by atoms with E-state index in [0.29, 0.717) is 18.0 Å². The molecule has 0 aromatic heterocycles. The van der Waals surface area contributed by atoms with E-state index in [-0.39, 0.29) is 24.8 Å². The van der Waals surface area contributed by atoms with E-state index < -0.39 is 0 Å². The summed E-state index contributed by atoms with van der Waals surface area (Å²) in [4.78, 5) is 2.62. The molecule has 2 aromatic carbocycles. The smallest absolute Gasteiger partial charge is 0.123 e. The molecule has 2 atom stereocenters. The van der Waals surface area contributed by atoms with Crippen molar-refractivity contribution in [2.45, 2.75) is 31.5 Å². The van der Waals surface area contributed by atoms with Gasteiger partial charge in [0.1, 0.15) is 11.5 Å². The van der Waals surface area contributed by atoms with Crippen molar-refractivity contribution in [3.63, 3.8) is 0 Å². The number of halogens is 2. The van der Waals surface area contributed by atoms with Crippen LogP contribution in [0.4, 0.5) is 0 Å². The van der Waals surface area contributed by atoms with Gasteiger partial charge in [0.25, 0.3) is 0 Å². The number of benzene rings is 2. The van der Waals surface area contributed by atoms with Gasteiger partial charge >= 0.3 is 0 Å². The number of para-hydroxylation sites is 2. The molecule has 5 rings (SSSR count). The van der Waals surface area contributed by atoms with E-state index in [1.807, 2.05) is 12.1 Å². The Kier molecular flexibility index (Phi) is 8.44. The van der Waals surface area contributed by atoms with Gasteiger partial charge in [0, 0.05) is 23.7 Å². The topological polar surface area (TPSA) is 33.7 Å². The summed E-state index contributed by atoms with van der Waals surface area (Å²) in [6, 6.07) is 17.6. The number of hydrogen-bond donors (Lipinski definition) is 1. The first-order valence-corrected chi connectivity index (χ1v) is 9.54. The number of fused-ring (bicyclic) bond motifs is 3. The van der Waals surface area contributed by atoms with Crippen LogP contribution in [0.1, 0.15) is 30.0 Å². The van der Waals surface area contributed by atoms with Crippen LogP contribution in [0.2, 0.25) is 0 Å². The fourth-order valence-corrected chi connectivity index (χ4v) is 4.70. The van der Waals surface area contributed by atoms with Crippen molar-refractivity contribution < 1.29 is 9.47 Å². The van der Waals surface area contributed by atoms with Crippen molar-refractivity contribution in [1.82, 2.24) is 10.2 Å². The minimum Gasteiger partial charge on any atom is -0.496 e. The number of piperidine rings is 3. The highest BCUT2D eigenvalue weighted by atomic mass is 35.5. The Labute approximate surface area is 180 Å². The first-order chi connectivity index (χ1) is 12.8. The van der Waals surface area contributed by atoms with Crippen LogP contribution >= 0.6 is 24.8 Å². The molecule has 0 aliphatic carbocycles. The fourth-order valence-electron chi connectivity index (χ4n) is 4.70. The van der Waals surface area contributed by atoms with E-state index in [1.54, 1.807) is 14.2 Å². The quantitative estimate of drug-likeness (QED) is 0.741. The number of nitrogens with one attached hydrogen (secondary N) is 1. The molecule has 3 fully saturated rings. The highest BCUT2D eigenvalue weighted by Gasteiger charge is 2.43. The van der Waals surface area contributed by atoms with Crippen LogP contribution < -0.4 is 14.8 Å². The van der Waals surface area contributed by atoms with Crippen LogP contribution in [0, 0.1) is 5.92 Å². The van der Waals surface area contributed by atoms with Gasteiger partial charge in [0.15, 0.2) is 0 Å². The van der Waals surface area contributed by atoms with Gasteiger partial charge in [0.05, 0.1) is 20.3 Å². The van der Waals surface area contributed by atoms with Crippen molar-refractivity contribution in [1.29, 1.82) is 0 Å². The molecule has 154 valence electrons. The van der Waals surface area contributed by atoms with E-state index >= 15 is 0 Å². The highest BCUT2D eigenvalue weighted by Crippen LogP contribution is 2.43. The first-order valence-electron chi connectivity index (χ1n) is 9.54. The van der Waals surface area contributed by atoms with Gasteiger partial charge in [-0.2, -0.15) is 0 Å². The molecule has 3 aliphatic heterocycles. The monoisotopic (exact) mass is 424 g/mol. The molecule has 3 heterocycles. The Morgan fingerprint density at radius 2 is 1.50 bits per heavy atom. The predicted octanol–water partition coefficient (Wildman–Crippen LogP) is 4.47. The second-order valence-electron chi connectivity index (χ2n) is 7.28. The number of hydrogen-bond acceptors (Lipinski definition) is 4. The Hall–Kier alpha value is -1.46. The lowest BCUT2D eigenvalue weighted by Crippen LogP contribution is -2.57. The van der Waals surface area contributed by atoms with Gasteiger partial charge in [-0.1, -0.05) is 36.4 Å². The number of ether oxygens (including phenoxy) is 2. The molecule has 2 aromatic rings. The average molecular weight is 425 g/mol. The zero-order valence-electron chi connectivity index (χ0n) is 16.5. The molecule has 2 bridgehead atoms. The summed E-state index contributed by atoms with van der Waals surface area (Å²) in [7, 11) is 3.51. The van der Waals surface area contributed by atoms with Gasteiger partial charge in [0.2, 0.25) is 0 Å². The Morgan fingerprint density at radius 3 is 2.18 bits per heavy atom. The van der Waals surface area contributed by atoms with E-state index in [1.165, 1.54) is 37.1 Å². The molecule has 3 aliphatic rings. The van der Waals surface area contributed by atoms with Crippen LogP contribution in [-0.4, -0.2) is 38.3 Å². The van der Waals surface area contributed by atoms with Crippen LogP contribution in [0.25, 0.3) is 0 Å². The van der Waals surface area contributed by atoms with Crippen molar-refractivity contribution >= 4 is 24.8 Å². The maximum atomic E-state index is 5.68. The Bertz CT molecular complexity index is 751. The molecule has 0 amide bonds. The lowest BCUT2D eigenvalue weighted by molar-refractivity contribution is 0.0101. The molecule has 2 unspecified atom stereocenters. The van der Waals surface area contributed by atoms with Crippen molar-refractivity contribution in [3.8, 4) is 11.5 Å². The zero-order valence-corrected chi connectivity index (χ0v) is 18.1. The molecule has 6 heteroatoms. The molecule has 4 nitrogen and oxygen atoms in total. The van der Waals surface area contributed by atoms with E-state index in [9.17, 15) is 0 Å². The van der Waals surface area contributed by atoms with Crippen molar-refractivity contribution in [3.05, 3.63) is 59.7 Å².